The highest BCUT2D eigenvalue weighted by Crippen LogP contribution is 2.46. The lowest BCUT2D eigenvalue weighted by molar-refractivity contribution is 0.374. The Morgan fingerprint density at radius 2 is 2.00 bits per heavy atom. The predicted molar refractivity (Wildman–Crippen MR) is 81.7 cm³/mol. The molecule has 0 aromatic carbocycles. The molecule has 0 amide bonds. The lowest BCUT2D eigenvalue weighted by Gasteiger charge is -2.34. The molecule has 1 fully saturated rings. The van der Waals surface area contributed by atoms with E-state index in [0.29, 0.717) is 5.41 Å². The van der Waals surface area contributed by atoms with Gasteiger partial charge in [0.2, 0.25) is 0 Å². The van der Waals surface area contributed by atoms with Crippen LogP contribution in [0.2, 0.25) is 0 Å². The Balaban J connectivity index is 0.000000581. The number of aromatic nitrogens is 3. The first kappa shape index (κ1) is 13.6. The third-order valence-corrected chi connectivity index (χ3v) is 4.83. The summed E-state index contributed by atoms with van der Waals surface area (Å²) in [7, 11) is 2.14. The molecule has 4 rings (SSSR count). The monoisotopic (exact) mass is 272 g/mol. The summed E-state index contributed by atoms with van der Waals surface area (Å²) in [5.74, 6) is 0. The highest BCUT2D eigenvalue weighted by Gasteiger charge is 2.42. The molecule has 2 aliphatic rings. The Morgan fingerprint density at radius 1 is 1.25 bits per heavy atom. The molecule has 0 unspecified atom stereocenters. The Labute approximate surface area is 120 Å². The van der Waals surface area contributed by atoms with Gasteiger partial charge >= 0.3 is 0 Å². The third-order valence-electron chi connectivity index (χ3n) is 4.83. The van der Waals surface area contributed by atoms with Gasteiger partial charge in [0.05, 0.1) is 17.2 Å². The van der Waals surface area contributed by atoms with Crippen LogP contribution in [0.5, 0.6) is 0 Å². The molecule has 1 N–H and O–H groups in total. The Kier molecular flexibility index (Phi) is 3.50. The molecule has 1 spiro atoms. The van der Waals surface area contributed by atoms with Crippen molar-refractivity contribution in [3.63, 3.8) is 0 Å². The van der Waals surface area contributed by atoms with E-state index in [4.69, 9.17) is 0 Å². The fourth-order valence-electron chi connectivity index (χ4n) is 3.96. The Morgan fingerprint density at radius 3 is 2.75 bits per heavy atom. The molecule has 1 saturated carbocycles. The van der Waals surface area contributed by atoms with Crippen molar-refractivity contribution in [1.82, 2.24) is 19.9 Å². The van der Waals surface area contributed by atoms with E-state index < -0.39 is 0 Å². The van der Waals surface area contributed by atoms with Gasteiger partial charge in [-0.2, -0.15) is 0 Å². The van der Waals surface area contributed by atoms with E-state index in [-0.39, 0.29) is 0 Å². The van der Waals surface area contributed by atoms with Gasteiger partial charge in [0.1, 0.15) is 6.33 Å². The summed E-state index contributed by atoms with van der Waals surface area (Å²) in [6.45, 7) is 6.08. The Bertz CT molecular complexity index is 608. The van der Waals surface area contributed by atoms with E-state index in [1.165, 1.54) is 48.0 Å². The van der Waals surface area contributed by atoms with Crippen LogP contribution in [0.4, 0.5) is 0 Å². The van der Waals surface area contributed by atoms with Gasteiger partial charge in [-0.1, -0.05) is 26.7 Å². The smallest absolute Gasteiger partial charge is 0.116 e. The lowest BCUT2D eigenvalue weighted by atomic mass is 9.76. The van der Waals surface area contributed by atoms with Crippen molar-refractivity contribution in [2.45, 2.75) is 51.5 Å². The first-order valence-corrected chi connectivity index (χ1v) is 7.80. The zero-order valence-corrected chi connectivity index (χ0v) is 12.7. The van der Waals surface area contributed by atoms with Crippen LogP contribution in [0, 0.1) is 0 Å². The average molecular weight is 272 g/mol. The van der Waals surface area contributed by atoms with Crippen LogP contribution in [-0.4, -0.2) is 21.1 Å². The molecule has 108 valence electrons. The average Bonchev–Trinajstić information content (AvgIpc) is 3.08. The van der Waals surface area contributed by atoms with Crippen LogP contribution in [-0.2, 0) is 19.0 Å². The zero-order chi connectivity index (χ0) is 14.2. The van der Waals surface area contributed by atoms with Crippen molar-refractivity contribution >= 4 is 11.0 Å². The topological polar surface area (TPSA) is 42.7 Å². The van der Waals surface area contributed by atoms with Gasteiger partial charge in [0, 0.05) is 36.8 Å². The predicted octanol–water partition coefficient (Wildman–Crippen LogP) is 2.91. The molecular weight excluding hydrogens is 248 g/mol. The molecule has 0 saturated heterocycles. The van der Waals surface area contributed by atoms with Crippen LogP contribution in [0.3, 0.4) is 0 Å². The normalized spacial score (nSPS) is 19.8. The quantitative estimate of drug-likeness (QED) is 0.802. The van der Waals surface area contributed by atoms with Gasteiger partial charge < -0.3 is 9.88 Å². The van der Waals surface area contributed by atoms with Crippen molar-refractivity contribution in [2.24, 2.45) is 7.05 Å². The SMILES string of the molecule is CC.Cn1c2c(c3ncncc31)C1(CCCC1)CNC2. The number of fused-ring (bicyclic) bond motifs is 4. The first-order chi connectivity index (χ1) is 9.82. The summed E-state index contributed by atoms with van der Waals surface area (Å²) in [6, 6.07) is 0. The number of nitrogens with one attached hydrogen (secondary N) is 1. The molecule has 1 aliphatic carbocycles. The van der Waals surface area contributed by atoms with Crippen molar-refractivity contribution < 1.29 is 0 Å². The second-order valence-corrected chi connectivity index (χ2v) is 5.73. The van der Waals surface area contributed by atoms with Gasteiger partial charge in [0.15, 0.2) is 0 Å². The zero-order valence-electron chi connectivity index (χ0n) is 12.7. The van der Waals surface area contributed by atoms with Crippen LogP contribution >= 0.6 is 0 Å². The lowest BCUT2D eigenvalue weighted by Crippen LogP contribution is -2.41. The molecule has 4 nitrogen and oxygen atoms in total. The molecule has 3 heterocycles. The summed E-state index contributed by atoms with van der Waals surface area (Å²) in [6.07, 6.45) is 8.94. The van der Waals surface area contributed by atoms with E-state index in [0.717, 1.165) is 13.1 Å². The van der Waals surface area contributed by atoms with Gasteiger partial charge in [-0.3, -0.25) is 0 Å². The van der Waals surface area contributed by atoms with E-state index in [9.17, 15) is 0 Å². The van der Waals surface area contributed by atoms with E-state index in [1.54, 1.807) is 6.33 Å². The van der Waals surface area contributed by atoms with Gasteiger partial charge in [-0.15, -0.1) is 0 Å². The van der Waals surface area contributed by atoms with E-state index in [2.05, 4.69) is 26.9 Å². The molecule has 1 aliphatic heterocycles. The largest absolute Gasteiger partial charge is 0.344 e. The summed E-state index contributed by atoms with van der Waals surface area (Å²) in [5.41, 5.74) is 5.63. The molecule has 2 aromatic heterocycles. The number of nitrogens with zero attached hydrogens (tertiary/aromatic N) is 3. The van der Waals surface area contributed by atoms with Crippen molar-refractivity contribution in [3.05, 3.63) is 23.8 Å². The number of hydrogen-bond donors (Lipinski definition) is 1. The van der Waals surface area contributed by atoms with Crippen LogP contribution in [0.1, 0.15) is 50.8 Å². The molecule has 2 aromatic rings. The highest BCUT2D eigenvalue weighted by molar-refractivity contribution is 5.82. The fraction of sp³-hybridized carbons (Fsp3) is 0.625. The molecule has 4 heteroatoms. The van der Waals surface area contributed by atoms with E-state index >= 15 is 0 Å². The van der Waals surface area contributed by atoms with Gasteiger partial charge in [-0.25, -0.2) is 9.97 Å². The van der Waals surface area contributed by atoms with E-state index in [1.807, 2.05) is 20.0 Å². The van der Waals surface area contributed by atoms with Crippen LogP contribution < -0.4 is 5.32 Å². The van der Waals surface area contributed by atoms with Crippen molar-refractivity contribution in [3.8, 4) is 0 Å². The molecule has 0 bridgehead atoms. The standard InChI is InChI=1S/C14H18N4.C2H6/c1-18-10-6-15-8-14(4-2-3-5-14)12(10)13-11(18)7-16-9-17-13;1-2/h7,9,15H,2-6,8H2,1H3;1-2H3. The minimum Gasteiger partial charge on any atom is -0.344 e. The minimum atomic E-state index is 0.335. The summed E-state index contributed by atoms with van der Waals surface area (Å²) >= 11 is 0. The van der Waals surface area contributed by atoms with Crippen molar-refractivity contribution in [1.29, 1.82) is 0 Å². The Hall–Kier alpha value is -1.42. The maximum absolute atomic E-state index is 4.57. The second-order valence-electron chi connectivity index (χ2n) is 5.73. The summed E-state index contributed by atoms with van der Waals surface area (Å²) in [4.78, 5) is 8.75. The second kappa shape index (κ2) is 5.17. The number of rotatable bonds is 0. The highest BCUT2D eigenvalue weighted by atomic mass is 15.0. The number of hydrogen-bond acceptors (Lipinski definition) is 3. The molecule has 0 radical (unpaired) electrons. The van der Waals surface area contributed by atoms with Crippen LogP contribution in [0.25, 0.3) is 11.0 Å². The molecular formula is C16H24N4. The number of aryl methyl sites for hydroxylation is 1. The summed E-state index contributed by atoms with van der Waals surface area (Å²) < 4.78 is 2.27. The fourth-order valence-corrected chi connectivity index (χ4v) is 3.96. The van der Waals surface area contributed by atoms with Gasteiger partial charge in [0.25, 0.3) is 0 Å². The first-order valence-electron chi connectivity index (χ1n) is 7.80. The van der Waals surface area contributed by atoms with Crippen molar-refractivity contribution in [2.75, 3.05) is 6.54 Å². The third kappa shape index (κ3) is 1.78. The maximum atomic E-state index is 4.57. The van der Waals surface area contributed by atoms with Crippen LogP contribution in [0.15, 0.2) is 12.5 Å². The van der Waals surface area contributed by atoms with Gasteiger partial charge in [-0.05, 0) is 12.8 Å². The summed E-state index contributed by atoms with van der Waals surface area (Å²) in [5, 5.41) is 3.61. The maximum Gasteiger partial charge on any atom is 0.116 e. The molecule has 20 heavy (non-hydrogen) atoms. The molecule has 0 atom stereocenters. The minimum absolute atomic E-state index is 0.335.